The Morgan fingerprint density at radius 2 is 1.66 bits per heavy atom. The van der Waals surface area contributed by atoms with Crippen LogP contribution in [0.5, 0.6) is 0 Å². The van der Waals surface area contributed by atoms with Crippen molar-refractivity contribution in [2.24, 2.45) is 0 Å². The van der Waals surface area contributed by atoms with Crippen LogP contribution in [0.3, 0.4) is 0 Å². The molecule has 1 heterocycles. The highest BCUT2D eigenvalue weighted by atomic mass is 16.1. The number of aromatic nitrogens is 2. The van der Waals surface area contributed by atoms with E-state index >= 15 is 0 Å². The molecule has 0 aliphatic heterocycles. The summed E-state index contributed by atoms with van der Waals surface area (Å²) in [5.74, 6) is -0.114. The van der Waals surface area contributed by atoms with Crippen LogP contribution in [0.25, 0.3) is 22.2 Å². The summed E-state index contributed by atoms with van der Waals surface area (Å²) >= 11 is 0. The molecule has 0 radical (unpaired) electrons. The third-order valence-corrected chi connectivity index (χ3v) is 5.58. The topological polar surface area (TPSA) is 58.1 Å². The number of nitrogens with one attached hydrogen (secondary N) is 1. The molecule has 0 saturated heterocycles. The zero-order valence-corrected chi connectivity index (χ0v) is 18.6. The molecule has 5 nitrogen and oxygen atoms in total. The molecule has 4 aromatic rings. The minimum atomic E-state index is -0.114. The monoisotopic (exact) mass is 424 g/mol. The third kappa shape index (κ3) is 4.78. The molecule has 1 aromatic heterocycles. The number of carbonyl (C=O) groups excluding carboxylic acids is 1. The molecular weight excluding hydrogens is 396 g/mol. The Bertz CT molecular complexity index is 1190. The third-order valence-electron chi connectivity index (χ3n) is 5.58. The lowest BCUT2D eigenvalue weighted by molar-refractivity contribution is 0.0955. The smallest absolute Gasteiger partial charge is 0.254 e. The van der Waals surface area contributed by atoms with E-state index in [0.29, 0.717) is 17.8 Å². The molecule has 0 bridgehead atoms. The zero-order chi connectivity index (χ0) is 22.3. The Labute approximate surface area is 189 Å². The number of aryl methyl sites for hydroxylation is 1. The van der Waals surface area contributed by atoms with Crippen LogP contribution in [-0.4, -0.2) is 35.7 Å². The Hall–Kier alpha value is -3.73. The van der Waals surface area contributed by atoms with Crippen molar-refractivity contribution >= 4 is 22.5 Å². The summed E-state index contributed by atoms with van der Waals surface area (Å²) in [6.45, 7) is 6.56. The van der Waals surface area contributed by atoms with Gasteiger partial charge in [-0.05, 0) is 44.5 Å². The van der Waals surface area contributed by atoms with E-state index in [4.69, 9.17) is 0 Å². The molecule has 0 saturated carbocycles. The van der Waals surface area contributed by atoms with Crippen molar-refractivity contribution in [2.75, 3.05) is 24.5 Å². The second-order valence-corrected chi connectivity index (χ2v) is 7.83. The molecular formula is C27H28N4O. The van der Waals surface area contributed by atoms with E-state index in [1.165, 1.54) is 5.69 Å². The molecule has 0 unspecified atom stereocenters. The van der Waals surface area contributed by atoms with Gasteiger partial charge in [-0.1, -0.05) is 60.2 Å². The van der Waals surface area contributed by atoms with Crippen LogP contribution < -0.4 is 10.2 Å². The second kappa shape index (κ2) is 10.1. The highest BCUT2D eigenvalue weighted by Gasteiger charge is 2.19. The summed E-state index contributed by atoms with van der Waals surface area (Å²) in [6.07, 6.45) is 0.852. The maximum Gasteiger partial charge on any atom is 0.254 e. The van der Waals surface area contributed by atoms with Crippen molar-refractivity contribution in [3.8, 4) is 11.3 Å². The number of para-hydroxylation sites is 1. The fourth-order valence-electron chi connectivity index (χ4n) is 3.92. The average Bonchev–Trinajstić information content (AvgIpc) is 2.84. The first kappa shape index (κ1) is 21.5. The number of hydrogen-bond donors (Lipinski definition) is 1. The highest BCUT2D eigenvalue weighted by molar-refractivity contribution is 6.10. The van der Waals surface area contributed by atoms with Gasteiger partial charge in [0.1, 0.15) is 5.69 Å². The van der Waals surface area contributed by atoms with Crippen LogP contribution in [0, 0.1) is 6.92 Å². The van der Waals surface area contributed by atoms with Gasteiger partial charge in [0, 0.05) is 36.3 Å². The Morgan fingerprint density at radius 3 is 2.38 bits per heavy atom. The fourth-order valence-corrected chi connectivity index (χ4v) is 3.92. The lowest BCUT2D eigenvalue weighted by atomic mass is 10.00. The normalized spacial score (nSPS) is 10.8. The number of anilines is 1. The zero-order valence-electron chi connectivity index (χ0n) is 18.6. The lowest BCUT2D eigenvalue weighted by Gasteiger charge is -2.23. The molecule has 1 N–H and O–H groups in total. The van der Waals surface area contributed by atoms with Gasteiger partial charge in [0.05, 0.1) is 11.1 Å². The van der Waals surface area contributed by atoms with Crippen molar-refractivity contribution in [2.45, 2.75) is 20.3 Å². The summed E-state index contributed by atoms with van der Waals surface area (Å²) < 4.78 is 0. The minimum absolute atomic E-state index is 0.114. The number of nitrogens with zero attached hydrogens (tertiary/aromatic N) is 3. The average molecular weight is 425 g/mol. The number of fused-ring (bicyclic) bond motifs is 1. The predicted molar refractivity (Wildman–Crippen MR) is 131 cm³/mol. The number of benzene rings is 3. The molecule has 162 valence electrons. The van der Waals surface area contributed by atoms with E-state index in [1.54, 1.807) is 0 Å². The van der Waals surface area contributed by atoms with Gasteiger partial charge in [0.15, 0.2) is 0 Å². The first-order chi connectivity index (χ1) is 15.7. The van der Waals surface area contributed by atoms with Crippen LogP contribution in [0.15, 0.2) is 78.9 Å². The van der Waals surface area contributed by atoms with Crippen molar-refractivity contribution in [3.05, 3.63) is 90.0 Å². The summed E-state index contributed by atoms with van der Waals surface area (Å²) in [4.78, 5) is 15.7. The van der Waals surface area contributed by atoms with Crippen LogP contribution in [-0.2, 0) is 0 Å². The molecule has 0 atom stereocenters. The quantitative estimate of drug-likeness (QED) is 0.393. The van der Waals surface area contributed by atoms with Gasteiger partial charge >= 0.3 is 0 Å². The maximum atomic E-state index is 13.4. The van der Waals surface area contributed by atoms with Gasteiger partial charge in [-0.2, -0.15) is 0 Å². The fraction of sp³-hybridized carbons (Fsp3) is 0.222. The Balaban J connectivity index is 1.54. The first-order valence-corrected chi connectivity index (χ1v) is 11.1. The number of hydrogen-bond acceptors (Lipinski definition) is 4. The van der Waals surface area contributed by atoms with Crippen molar-refractivity contribution in [1.29, 1.82) is 0 Å². The highest BCUT2D eigenvalue weighted by Crippen LogP contribution is 2.27. The minimum Gasteiger partial charge on any atom is -0.372 e. The predicted octanol–water partition coefficient (Wildman–Crippen LogP) is 5.25. The summed E-state index contributed by atoms with van der Waals surface area (Å²) in [5.41, 5.74) is 5.09. The Kier molecular flexibility index (Phi) is 6.75. The maximum absolute atomic E-state index is 13.4. The molecule has 1 amide bonds. The largest absolute Gasteiger partial charge is 0.372 e. The van der Waals surface area contributed by atoms with E-state index < -0.39 is 0 Å². The molecule has 4 rings (SSSR count). The summed E-state index contributed by atoms with van der Waals surface area (Å²) in [7, 11) is 0. The molecule has 32 heavy (non-hydrogen) atoms. The number of amides is 1. The van der Waals surface area contributed by atoms with E-state index in [2.05, 4.69) is 51.6 Å². The van der Waals surface area contributed by atoms with Gasteiger partial charge in [0.2, 0.25) is 0 Å². The lowest BCUT2D eigenvalue weighted by Crippen LogP contribution is -2.30. The first-order valence-electron chi connectivity index (χ1n) is 11.1. The van der Waals surface area contributed by atoms with Gasteiger partial charge in [-0.25, -0.2) is 0 Å². The second-order valence-electron chi connectivity index (χ2n) is 7.83. The van der Waals surface area contributed by atoms with Crippen LogP contribution in [0.4, 0.5) is 5.69 Å². The SMILES string of the molecule is CCN(CCCNC(=O)c1c(-c2ccccc2)nnc2ccc(C)cc12)c1ccccc1. The molecule has 0 spiro atoms. The van der Waals surface area contributed by atoms with Crippen molar-refractivity contribution in [1.82, 2.24) is 15.5 Å². The van der Waals surface area contributed by atoms with Crippen molar-refractivity contribution < 1.29 is 4.79 Å². The van der Waals surface area contributed by atoms with Crippen LogP contribution in [0.1, 0.15) is 29.3 Å². The summed E-state index contributed by atoms with van der Waals surface area (Å²) in [6, 6.07) is 26.0. The van der Waals surface area contributed by atoms with Crippen molar-refractivity contribution in [3.63, 3.8) is 0 Å². The van der Waals surface area contributed by atoms with Gasteiger partial charge in [-0.15, -0.1) is 10.2 Å². The van der Waals surface area contributed by atoms with Gasteiger partial charge < -0.3 is 10.2 Å². The van der Waals surface area contributed by atoms with E-state index in [-0.39, 0.29) is 5.91 Å². The molecule has 5 heteroatoms. The molecule has 3 aromatic carbocycles. The van der Waals surface area contributed by atoms with E-state index in [0.717, 1.165) is 41.5 Å². The molecule has 0 fully saturated rings. The van der Waals surface area contributed by atoms with E-state index in [1.807, 2.05) is 61.5 Å². The standard InChI is InChI=1S/C27H28N4O/c1-3-31(22-13-8-5-9-14-22)18-10-17-28-27(32)25-23-19-20(2)15-16-24(23)29-30-26(25)21-11-6-4-7-12-21/h4-9,11-16,19H,3,10,17-18H2,1-2H3,(H,28,32). The van der Waals surface area contributed by atoms with Gasteiger partial charge in [0.25, 0.3) is 5.91 Å². The van der Waals surface area contributed by atoms with Crippen LogP contribution in [0.2, 0.25) is 0 Å². The molecule has 0 aliphatic rings. The Morgan fingerprint density at radius 1 is 0.938 bits per heavy atom. The number of carbonyl (C=O) groups is 1. The van der Waals surface area contributed by atoms with Gasteiger partial charge in [-0.3, -0.25) is 4.79 Å². The summed E-state index contributed by atoms with van der Waals surface area (Å²) in [5, 5.41) is 12.7. The number of rotatable bonds is 8. The van der Waals surface area contributed by atoms with Crippen LogP contribution >= 0.6 is 0 Å². The van der Waals surface area contributed by atoms with E-state index in [9.17, 15) is 4.79 Å². The molecule has 0 aliphatic carbocycles.